The summed E-state index contributed by atoms with van der Waals surface area (Å²) in [5.74, 6) is -2.10. The molecule has 1 fully saturated rings. The molecule has 1 aromatic rings. The number of rotatable bonds is 5. The van der Waals surface area contributed by atoms with Crippen LogP contribution in [0.2, 0.25) is 0 Å². The van der Waals surface area contributed by atoms with Crippen molar-refractivity contribution in [3.05, 3.63) is 35.4 Å². The van der Waals surface area contributed by atoms with E-state index >= 15 is 0 Å². The third-order valence-electron chi connectivity index (χ3n) is 3.84. The molecular formula is C16H23F2N. The van der Waals surface area contributed by atoms with Gasteiger partial charge in [0.15, 0.2) is 0 Å². The van der Waals surface area contributed by atoms with E-state index in [4.69, 9.17) is 0 Å². The van der Waals surface area contributed by atoms with Crippen LogP contribution in [0.15, 0.2) is 24.3 Å². The predicted octanol–water partition coefficient (Wildman–Crippen LogP) is 4.12. The Kier molecular flexibility index (Phi) is 4.92. The van der Waals surface area contributed by atoms with Crippen molar-refractivity contribution in [1.29, 1.82) is 0 Å². The molecule has 0 spiro atoms. The molecule has 1 atom stereocenters. The van der Waals surface area contributed by atoms with E-state index in [0.29, 0.717) is 12.3 Å². The zero-order chi connectivity index (χ0) is 13.7. The highest BCUT2D eigenvalue weighted by Gasteiger charge is 2.30. The van der Waals surface area contributed by atoms with Crippen molar-refractivity contribution < 1.29 is 8.78 Å². The fourth-order valence-electron chi connectivity index (χ4n) is 2.82. The largest absolute Gasteiger partial charge is 0.316 e. The van der Waals surface area contributed by atoms with Crippen LogP contribution in [0.25, 0.3) is 0 Å². The Bertz CT molecular complexity index is 397. The molecule has 1 saturated heterocycles. The molecule has 1 heterocycles. The first-order valence-corrected chi connectivity index (χ1v) is 7.30. The van der Waals surface area contributed by atoms with E-state index in [1.54, 1.807) is 25.1 Å². The molecule has 1 nitrogen and oxygen atoms in total. The van der Waals surface area contributed by atoms with Crippen molar-refractivity contribution in [1.82, 2.24) is 5.32 Å². The maximum Gasteiger partial charge on any atom is 0.273 e. The molecule has 106 valence electrons. The molecule has 0 amide bonds. The fourth-order valence-corrected chi connectivity index (χ4v) is 2.82. The van der Waals surface area contributed by atoms with Crippen LogP contribution in [-0.2, 0) is 12.3 Å². The van der Waals surface area contributed by atoms with Crippen LogP contribution in [0.4, 0.5) is 8.78 Å². The molecule has 0 aromatic heterocycles. The number of alkyl halides is 2. The Morgan fingerprint density at radius 3 is 2.89 bits per heavy atom. The number of hydrogen-bond acceptors (Lipinski definition) is 1. The Labute approximate surface area is 114 Å². The van der Waals surface area contributed by atoms with Crippen molar-refractivity contribution in [3.63, 3.8) is 0 Å². The maximum atomic E-state index is 13.9. The molecule has 0 saturated carbocycles. The lowest BCUT2D eigenvalue weighted by Gasteiger charge is -2.23. The highest BCUT2D eigenvalue weighted by Crippen LogP contribution is 2.33. The summed E-state index contributed by atoms with van der Waals surface area (Å²) in [7, 11) is 0. The van der Waals surface area contributed by atoms with Gasteiger partial charge in [0.05, 0.1) is 0 Å². The summed E-state index contributed by atoms with van der Waals surface area (Å²) in [5.41, 5.74) is 1.22. The second-order valence-electron chi connectivity index (χ2n) is 5.57. The average molecular weight is 267 g/mol. The Morgan fingerprint density at radius 2 is 2.21 bits per heavy atom. The molecule has 3 heteroatoms. The maximum absolute atomic E-state index is 13.9. The first-order chi connectivity index (χ1) is 9.12. The zero-order valence-corrected chi connectivity index (χ0v) is 11.6. The van der Waals surface area contributed by atoms with Crippen molar-refractivity contribution in [2.75, 3.05) is 13.1 Å². The monoisotopic (exact) mass is 267 g/mol. The smallest absolute Gasteiger partial charge is 0.273 e. The van der Waals surface area contributed by atoms with E-state index in [9.17, 15) is 8.78 Å². The van der Waals surface area contributed by atoms with E-state index in [1.807, 2.05) is 6.07 Å². The lowest BCUT2D eigenvalue weighted by molar-refractivity contribution is -0.0141. The number of benzene rings is 1. The predicted molar refractivity (Wildman–Crippen MR) is 74.5 cm³/mol. The lowest BCUT2D eigenvalue weighted by atomic mass is 9.91. The summed E-state index contributed by atoms with van der Waals surface area (Å²) in [4.78, 5) is 0. The van der Waals surface area contributed by atoms with Crippen LogP contribution in [0.1, 0.15) is 43.7 Å². The highest BCUT2D eigenvalue weighted by molar-refractivity contribution is 5.27. The van der Waals surface area contributed by atoms with Gasteiger partial charge in [0, 0.05) is 12.0 Å². The minimum Gasteiger partial charge on any atom is -0.316 e. The summed E-state index contributed by atoms with van der Waals surface area (Å²) in [6.07, 6.45) is 3.73. The topological polar surface area (TPSA) is 12.0 Å². The fraction of sp³-hybridized carbons (Fsp3) is 0.625. The molecule has 2 rings (SSSR count). The Hall–Kier alpha value is -0.960. The van der Waals surface area contributed by atoms with Gasteiger partial charge in [0.2, 0.25) is 0 Å². The number of nitrogens with one attached hydrogen (secondary N) is 1. The minimum atomic E-state index is -2.68. The van der Waals surface area contributed by atoms with Gasteiger partial charge in [-0.25, -0.2) is 8.78 Å². The van der Waals surface area contributed by atoms with Crippen molar-refractivity contribution in [2.45, 2.75) is 45.0 Å². The van der Waals surface area contributed by atoms with Crippen LogP contribution in [0, 0.1) is 5.92 Å². The van der Waals surface area contributed by atoms with Crippen molar-refractivity contribution in [2.24, 2.45) is 5.92 Å². The standard InChI is InChI=1S/C16H23F2N/c1-2-8-16(17,18)15-7-3-5-13(11-15)10-14-6-4-9-19-12-14/h3,5,7,11,14,19H,2,4,6,8-10,12H2,1H3. The summed E-state index contributed by atoms with van der Waals surface area (Å²) in [6.45, 7) is 3.89. The van der Waals surface area contributed by atoms with E-state index in [1.165, 1.54) is 12.8 Å². The third-order valence-corrected chi connectivity index (χ3v) is 3.84. The minimum absolute atomic E-state index is 0.0680. The van der Waals surface area contributed by atoms with Gasteiger partial charge in [0.1, 0.15) is 0 Å². The Balaban J connectivity index is 2.06. The van der Waals surface area contributed by atoms with Crippen LogP contribution in [0.3, 0.4) is 0 Å². The first-order valence-electron chi connectivity index (χ1n) is 7.30. The first kappa shape index (κ1) is 14.4. The third kappa shape index (κ3) is 4.00. The van der Waals surface area contributed by atoms with E-state index in [-0.39, 0.29) is 12.0 Å². The second kappa shape index (κ2) is 6.47. The van der Waals surface area contributed by atoms with Gasteiger partial charge in [0.25, 0.3) is 5.92 Å². The van der Waals surface area contributed by atoms with E-state index in [0.717, 1.165) is 25.1 Å². The highest BCUT2D eigenvalue weighted by atomic mass is 19.3. The number of piperidine rings is 1. The molecule has 0 bridgehead atoms. The molecule has 1 aliphatic heterocycles. The number of hydrogen-bond donors (Lipinski definition) is 1. The van der Waals surface area contributed by atoms with Gasteiger partial charge in [-0.2, -0.15) is 0 Å². The molecular weight excluding hydrogens is 244 g/mol. The van der Waals surface area contributed by atoms with E-state index in [2.05, 4.69) is 5.32 Å². The molecule has 1 aromatic carbocycles. The van der Waals surface area contributed by atoms with Gasteiger partial charge in [-0.1, -0.05) is 31.5 Å². The molecule has 1 unspecified atom stereocenters. The van der Waals surface area contributed by atoms with Crippen LogP contribution >= 0.6 is 0 Å². The van der Waals surface area contributed by atoms with Gasteiger partial charge in [-0.15, -0.1) is 0 Å². The van der Waals surface area contributed by atoms with Gasteiger partial charge < -0.3 is 5.32 Å². The summed E-state index contributed by atoms with van der Waals surface area (Å²) < 4.78 is 27.8. The molecule has 1 aliphatic rings. The molecule has 19 heavy (non-hydrogen) atoms. The SMILES string of the molecule is CCCC(F)(F)c1cccc(CC2CCCNC2)c1. The quantitative estimate of drug-likeness (QED) is 0.846. The zero-order valence-electron chi connectivity index (χ0n) is 11.6. The number of halogens is 2. The van der Waals surface area contributed by atoms with Crippen molar-refractivity contribution in [3.8, 4) is 0 Å². The summed E-state index contributed by atoms with van der Waals surface area (Å²) >= 11 is 0. The lowest BCUT2D eigenvalue weighted by Crippen LogP contribution is -2.30. The molecule has 0 aliphatic carbocycles. The van der Waals surface area contributed by atoms with Gasteiger partial charge in [-0.3, -0.25) is 0 Å². The van der Waals surface area contributed by atoms with Crippen LogP contribution in [0.5, 0.6) is 0 Å². The van der Waals surface area contributed by atoms with Crippen LogP contribution in [-0.4, -0.2) is 13.1 Å². The molecule has 1 N–H and O–H groups in total. The summed E-state index contributed by atoms with van der Waals surface area (Å²) in [6, 6.07) is 6.99. The van der Waals surface area contributed by atoms with Crippen molar-refractivity contribution >= 4 is 0 Å². The Morgan fingerprint density at radius 1 is 1.37 bits per heavy atom. The van der Waals surface area contributed by atoms with Gasteiger partial charge in [-0.05, 0) is 49.9 Å². The van der Waals surface area contributed by atoms with E-state index < -0.39 is 5.92 Å². The molecule has 0 radical (unpaired) electrons. The summed E-state index contributed by atoms with van der Waals surface area (Å²) in [5, 5.41) is 3.37. The van der Waals surface area contributed by atoms with Crippen LogP contribution < -0.4 is 5.32 Å². The second-order valence-corrected chi connectivity index (χ2v) is 5.57. The average Bonchev–Trinajstić information content (AvgIpc) is 2.40. The normalized spacial score (nSPS) is 20.5. The van der Waals surface area contributed by atoms with Gasteiger partial charge >= 0.3 is 0 Å².